The average Bonchev–Trinajstić information content (AvgIpc) is 2.74. The van der Waals surface area contributed by atoms with Crippen LogP contribution in [0.4, 0.5) is 0 Å². The molecule has 0 unspecified atom stereocenters. The second-order valence-electron chi connectivity index (χ2n) is 5.14. The van der Waals surface area contributed by atoms with Crippen molar-refractivity contribution >= 4 is 11.9 Å². The summed E-state index contributed by atoms with van der Waals surface area (Å²) in [5, 5.41) is 14.8. The zero-order valence-corrected chi connectivity index (χ0v) is 18.2. The Morgan fingerprint density at radius 2 is 1.15 bits per heavy atom. The Kier molecular flexibility index (Phi) is 27.2. The van der Waals surface area contributed by atoms with E-state index < -0.39 is 5.97 Å². The standard InChI is InChI=1S/C8H15NO2.C6H11NO2.3C2H6/c1-2-11-8(10)7-3-5-9-6-4-7;8-6(9)5-1-3-7-4-2-5;3*1-2/h7,9H,2-6H2,1H3;5,7H,1-4H2,(H,8,9);3*1-2H3. The van der Waals surface area contributed by atoms with Crippen LogP contribution in [0.25, 0.3) is 0 Å². The van der Waals surface area contributed by atoms with Gasteiger partial charge in [0.2, 0.25) is 0 Å². The van der Waals surface area contributed by atoms with Crippen molar-refractivity contribution in [1.82, 2.24) is 10.6 Å². The first-order valence-corrected chi connectivity index (χ1v) is 10.5. The van der Waals surface area contributed by atoms with Gasteiger partial charge in [-0.15, -0.1) is 0 Å². The quantitative estimate of drug-likeness (QED) is 0.651. The summed E-state index contributed by atoms with van der Waals surface area (Å²) in [4.78, 5) is 21.5. The molecule has 0 bridgehead atoms. The lowest BCUT2D eigenvalue weighted by Crippen LogP contribution is -2.32. The normalized spacial score (nSPS) is 16.6. The third-order valence-electron chi connectivity index (χ3n) is 3.65. The van der Waals surface area contributed by atoms with E-state index in [1.165, 1.54) is 0 Å². The number of hydrogen-bond acceptors (Lipinski definition) is 5. The highest BCUT2D eigenvalue weighted by atomic mass is 16.5. The Balaban J connectivity index is -0.000000319. The molecule has 0 amide bonds. The Morgan fingerprint density at radius 1 is 0.808 bits per heavy atom. The van der Waals surface area contributed by atoms with Crippen molar-refractivity contribution in [3.63, 3.8) is 0 Å². The van der Waals surface area contributed by atoms with Crippen molar-refractivity contribution in [2.24, 2.45) is 11.8 Å². The van der Waals surface area contributed by atoms with Gasteiger partial charge in [0.05, 0.1) is 18.4 Å². The first-order valence-electron chi connectivity index (χ1n) is 10.5. The van der Waals surface area contributed by atoms with Crippen LogP contribution in [0.1, 0.15) is 74.1 Å². The lowest BCUT2D eigenvalue weighted by atomic mass is 9.99. The van der Waals surface area contributed by atoms with Gasteiger partial charge in [0.25, 0.3) is 0 Å². The molecule has 2 fully saturated rings. The van der Waals surface area contributed by atoms with Gasteiger partial charge in [-0.25, -0.2) is 0 Å². The number of nitrogens with one attached hydrogen (secondary N) is 2. The number of piperidine rings is 2. The first-order chi connectivity index (χ1) is 12.6. The fourth-order valence-corrected chi connectivity index (χ4v) is 2.39. The van der Waals surface area contributed by atoms with Crippen molar-refractivity contribution in [1.29, 1.82) is 0 Å². The average molecular weight is 377 g/mol. The molecule has 26 heavy (non-hydrogen) atoms. The van der Waals surface area contributed by atoms with E-state index in [1.54, 1.807) is 0 Å². The van der Waals surface area contributed by atoms with Gasteiger partial charge in [-0.1, -0.05) is 41.5 Å². The van der Waals surface area contributed by atoms with Gasteiger partial charge < -0.3 is 20.5 Å². The first kappa shape index (κ1) is 29.6. The number of carboxylic acid groups (broad SMARTS) is 1. The minimum absolute atomic E-state index is 0.0194. The van der Waals surface area contributed by atoms with E-state index in [-0.39, 0.29) is 17.8 Å². The Morgan fingerprint density at radius 3 is 1.42 bits per heavy atom. The van der Waals surface area contributed by atoms with Crippen molar-refractivity contribution in [2.75, 3.05) is 32.8 Å². The molecule has 0 saturated carbocycles. The topological polar surface area (TPSA) is 87.7 Å². The van der Waals surface area contributed by atoms with E-state index in [0.29, 0.717) is 6.61 Å². The van der Waals surface area contributed by atoms with E-state index in [9.17, 15) is 9.59 Å². The minimum atomic E-state index is -0.642. The summed E-state index contributed by atoms with van der Waals surface area (Å²) in [5.41, 5.74) is 0. The van der Waals surface area contributed by atoms with Gasteiger partial charge in [0.1, 0.15) is 0 Å². The number of carboxylic acids is 1. The minimum Gasteiger partial charge on any atom is -0.481 e. The summed E-state index contributed by atoms with van der Waals surface area (Å²) in [6.45, 7) is 18.0. The van der Waals surface area contributed by atoms with Crippen LogP contribution in [0.15, 0.2) is 0 Å². The summed E-state index contributed by atoms with van der Waals surface area (Å²) in [6, 6.07) is 0. The molecule has 2 aliphatic rings. The van der Waals surface area contributed by atoms with Crippen LogP contribution in [0.5, 0.6) is 0 Å². The Bertz CT molecular complexity index is 300. The number of carbonyl (C=O) groups is 2. The molecule has 0 radical (unpaired) electrons. The number of ether oxygens (including phenoxy) is 1. The van der Waals surface area contributed by atoms with E-state index in [1.807, 2.05) is 48.5 Å². The second-order valence-corrected chi connectivity index (χ2v) is 5.14. The van der Waals surface area contributed by atoms with Crippen molar-refractivity contribution < 1.29 is 19.4 Å². The van der Waals surface area contributed by atoms with Crippen LogP contribution >= 0.6 is 0 Å². The van der Waals surface area contributed by atoms with Crippen LogP contribution in [0.2, 0.25) is 0 Å². The molecule has 6 nitrogen and oxygen atoms in total. The molecule has 0 spiro atoms. The zero-order valence-electron chi connectivity index (χ0n) is 18.2. The predicted molar refractivity (Wildman–Crippen MR) is 110 cm³/mol. The van der Waals surface area contributed by atoms with Crippen LogP contribution < -0.4 is 10.6 Å². The molecule has 158 valence electrons. The highest BCUT2D eigenvalue weighted by molar-refractivity contribution is 5.72. The third kappa shape index (κ3) is 16.3. The summed E-state index contributed by atoms with van der Waals surface area (Å²) in [6.07, 6.45) is 3.43. The van der Waals surface area contributed by atoms with Gasteiger partial charge in [-0.3, -0.25) is 9.59 Å². The van der Waals surface area contributed by atoms with Gasteiger partial charge in [-0.05, 0) is 58.8 Å². The zero-order chi connectivity index (χ0) is 20.8. The molecule has 2 heterocycles. The number of hydrogen-bond donors (Lipinski definition) is 3. The maximum Gasteiger partial charge on any atom is 0.309 e. The summed E-state index contributed by atoms with van der Waals surface area (Å²) in [7, 11) is 0. The second kappa shape index (κ2) is 23.9. The number of carbonyl (C=O) groups excluding carboxylic acids is 1. The van der Waals surface area contributed by atoms with E-state index in [0.717, 1.165) is 51.9 Å². The largest absolute Gasteiger partial charge is 0.481 e. The van der Waals surface area contributed by atoms with Gasteiger partial charge in [0.15, 0.2) is 0 Å². The van der Waals surface area contributed by atoms with Gasteiger partial charge >= 0.3 is 11.9 Å². The van der Waals surface area contributed by atoms with Gasteiger partial charge in [-0.2, -0.15) is 0 Å². The fourth-order valence-electron chi connectivity index (χ4n) is 2.39. The van der Waals surface area contributed by atoms with Crippen LogP contribution in [0.3, 0.4) is 0 Å². The Hall–Kier alpha value is -1.14. The highest BCUT2D eigenvalue weighted by Gasteiger charge is 2.21. The Labute approximate surface area is 161 Å². The predicted octanol–water partition coefficient (Wildman–Crippen LogP) is 3.70. The van der Waals surface area contributed by atoms with E-state index in [2.05, 4.69) is 10.6 Å². The lowest BCUT2D eigenvalue weighted by Gasteiger charge is -2.20. The van der Waals surface area contributed by atoms with Crippen molar-refractivity contribution in [3.05, 3.63) is 0 Å². The van der Waals surface area contributed by atoms with Crippen molar-refractivity contribution in [2.45, 2.75) is 74.1 Å². The third-order valence-corrected chi connectivity index (χ3v) is 3.65. The molecule has 0 aromatic heterocycles. The molecule has 0 aliphatic carbocycles. The van der Waals surface area contributed by atoms with Crippen LogP contribution in [-0.2, 0) is 14.3 Å². The number of rotatable bonds is 3. The molecular formula is C20H44N2O4. The highest BCUT2D eigenvalue weighted by Crippen LogP contribution is 2.13. The summed E-state index contributed by atoms with van der Waals surface area (Å²) in [5.74, 6) is -0.604. The monoisotopic (exact) mass is 376 g/mol. The SMILES string of the molecule is CC.CC.CC.CCOC(=O)C1CCNCC1.O=C(O)C1CCNCC1. The van der Waals surface area contributed by atoms with Gasteiger partial charge in [0, 0.05) is 0 Å². The lowest BCUT2D eigenvalue weighted by molar-refractivity contribution is -0.149. The van der Waals surface area contributed by atoms with Crippen LogP contribution in [-0.4, -0.2) is 49.8 Å². The fraction of sp³-hybridized carbons (Fsp3) is 0.900. The van der Waals surface area contributed by atoms with E-state index in [4.69, 9.17) is 9.84 Å². The molecule has 3 N–H and O–H groups in total. The maximum absolute atomic E-state index is 11.1. The molecule has 0 aromatic carbocycles. The molecule has 0 atom stereocenters. The molecular weight excluding hydrogens is 332 g/mol. The van der Waals surface area contributed by atoms with Crippen LogP contribution in [0, 0.1) is 11.8 Å². The summed E-state index contributed by atoms with van der Waals surface area (Å²) >= 11 is 0. The smallest absolute Gasteiger partial charge is 0.309 e. The number of aliphatic carboxylic acids is 1. The molecule has 2 rings (SSSR count). The summed E-state index contributed by atoms with van der Waals surface area (Å²) < 4.78 is 4.91. The van der Waals surface area contributed by atoms with E-state index >= 15 is 0 Å². The van der Waals surface area contributed by atoms with Crippen molar-refractivity contribution in [3.8, 4) is 0 Å². The number of esters is 1. The molecule has 0 aromatic rings. The molecule has 2 aliphatic heterocycles. The molecule has 2 saturated heterocycles. The molecule has 6 heteroatoms. The maximum atomic E-state index is 11.1.